The lowest BCUT2D eigenvalue weighted by atomic mass is 10.1. The zero-order valence-corrected chi connectivity index (χ0v) is 11.2. The molecule has 0 aliphatic heterocycles. The quantitative estimate of drug-likeness (QED) is 0.777. The second-order valence-corrected chi connectivity index (χ2v) is 4.97. The Morgan fingerprint density at radius 3 is 2.89 bits per heavy atom. The van der Waals surface area contributed by atoms with Crippen LogP contribution in [0.3, 0.4) is 0 Å². The fraction of sp³-hybridized carbons (Fsp3) is 0.500. The highest BCUT2D eigenvalue weighted by atomic mass is 16.5. The van der Waals surface area contributed by atoms with Gasteiger partial charge in [0, 0.05) is 12.6 Å². The number of hydrogen-bond donors (Lipinski definition) is 3. The number of ether oxygens (including phenoxy) is 1. The number of anilines is 1. The number of nitrogens with two attached hydrogens (primary N) is 1. The Bertz CT molecular complexity index is 436. The van der Waals surface area contributed by atoms with E-state index in [1.54, 1.807) is 7.11 Å². The lowest BCUT2D eigenvalue weighted by Gasteiger charge is -2.13. The van der Waals surface area contributed by atoms with E-state index in [4.69, 9.17) is 10.5 Å². The number of nitrogens with one attached hydrogen (secondary N) is 2. The molecule has 0 saturated heterocycles. The molecule has 5 nitrogen and oxygen atoms in total. The van der Waals surface area contributed by atoms with E-state index in [1.165, 1.54) is 0 Å². The summed E-state index contributed by atoms with van der Waals surface area (Å²) in [7, 11) is 1.58. The third kappa shape index (κ3) is 3.86. The van der Waals surface area contributed by atoms with E-state index in [0.717, 1.165) is 19.3 Å². The number of amides is 2. The molecule has 0 aromatic heterocycles. The Labute approximate surface area is 113 Å². The van der Waals surface area contributed by atoms with E-state index in [9.17, 15) is 4.79 Å². The minimum absolute atomic E-state index is 0.204. The number of methoxy groups -OCH3 is 1. The van der Waals surface area contributed by atoms with Crippen molar-refractivity contribution in [1.29, 1.82) is 0 Å². The molecule has 0 radical (unpaired) electrons. The fourth-order valence-electron chi connectivity index (χ4n) is 2.45. The highest BCUT2D eigenvalue weighted by molar-refractivity contribution is 5.90. The van der Waals surface area contributed by atoms with Crippen LogP contribution < -0.4 is 21.1 Å². The van der Waals surface area contributed by atoms with Gasteiger partial charge in [-0.3, -0.25) is 0 Å². The molecule has 1 aliphatic carbocycles. The first-order chi connectivity index (χ1) is 9.19. The van der Waals surface area contributed by atoms with Gasteiger partial charge in [0.25, 0.3) is 0 Å². The van der Waals surface area contributed by atoms with E-state index in [1.807, 2.05) is 24.3 Å². The number of benzene rings is 1. The van der Waals surface area contributed by atoms with Crippen LogP contribution in [0.2, 0.25) is 0 Å². The van der Waals surface area contributed by atoms with Crippen molar-refractivity contribution in [2.75, 3.05) is 19.0 Å². The average molecular weight is 263 g/mol. The summed E-state index contributed by atoms with van der Waals surface area (Å²) < 4.78 is 5.18. The molecule has 1 aromatic carbocycles. The van der Waals surface area contributed by atoms with Gasteiger partial charge >= 0.3 is 6.03 Å². The van der Waals surface area contributed by atoms with Gasteiger partial charge in [0.1, 0.15) is 5.75 Å². The number of para-hydroxylation sites is 2. The second kappa shape index (κ2) is 6.43. The molecular formula is C14H21N3O2. The van der Waals surface area contributed by atoms with Crippen LogP contribution in [0.1, 0.15) is 19.3 Å². The monoisotopic (exact) mass is 263 g/mol. The Morgan fingerprint density at radius 1 is 1.42 bits per heavy atom. The Morgan fingerprint density at radius 2 is 2.21 bits per heavy atom. The van der Waals surface area contributed by atoms with Crippen molar-refractivity contribution in [3.05, 3.63) is 24.3 Å². The summed E-state index contributed by atoms with van der Waals surface area (Å²) in [6.45, 7) is 0.675. The average Bonchev–Trinajstić information content (AvgIpc) is 2.83. The van der Waals surface area contributed by atoms with Gasteiger partial charge in [-0.05, 0) is 37.3 Å². The zero-order chi connectivity index (χ0) is 13.7. The largest absolute Gasteiger partial charge is 0.495 e. The van der Waals surface area contributed by atoms with Gasteiger partial charge in [-0.15, -0.1) is 0 Å². The second-order valence-electron chi connectivity index (χ2n) is 4.97. The van der Waals surface area contributed by atoms with Gasteiger partial charge in [0.05, 0.1) is 12.8 Å². The maximum absolute atomic E-state index is 11.8. The maximum Gasteiger partial charge on any atom is 0.319 e. The van der Waals surface area contributed by atoms with E-state index in [-0.39, 0.29) is 6.03 Å². The van der Waals surface area contributed by atoms with E-state index in [0.29, 0.717) is 29.9 Å². The molecule has 2 unspecified atom stereocenters. The lowest BCUT2D eigenvalue weighted by molar-refractivity contribution is 0.250. The molecule has 1 aliphatic rings. The first kappa shape index (κ1) is 13.7. The minimum atomic E-state index is -0.204. The number of urea groups is 1. The van der Waals surface area contributed by atoms with Crippen molar-refractivity contribution in [2.45, 2.75) is 25.3 Å². The van der Waals surface area contributed by atoms with Gasteiger partial charge in [-0.2, -0.15) is 0 Å². The van der Waals surface area contributed by atoms with Crippen molar-refractivity contribution < 1.29 is 9.53 Å². The van der Waals surface area contributed by atoms with Crippen molar-refractivity contribution in [1.82, 2.24) is 5.32 Å². The number of carbonyl (C=O) groups excluding carboxylic acids is 1. The molecule has 4 N–H and O–H groups in total. The topological polar surface area (TPSA) is 76.4 Å². The highest BCUT2D eigenvalue weighted by Crippen LogP contribution is 2.24. The fourth-order valence-corrected chi connectivity index (χ4v) is 2.45. The van der Waals surface area contributed by atoms with Gasteiger partial charge in [-0.1, -0.05) is 12.1 Å². The molecule has 2 rings (SSSR count). The third-order valence-corrected chi connectivity index (χ3v) is 3.49. The standard InChI is InChI=1S/C14H21N3O2/c1-19-13-5-3-2-4-12(13)17-14(18)16-9-10-6-7-11(15)8-10/h2-5,10-11H,6-9,15H2,1H3,(H2,16,17,18). The van der Waals surface area contributed by atoms with Crippen molar-refractivity contribution >= 4 is 11.7 Å². The van der Waals surface area contributed by atoms with Crippen LogP contribution in [0.25, 0.3) is 0 Å². The molecule has 0 heterocycles. The van der Waals surface area contributed by atoms with Gasteiger partial charge in [0.15, 0.2) is 0 Å². The van der Waals surface area contributed by atoms with Gasteiger partial charge in [0.2, 0.25) is 0 Å². The molecular weight excluding hydrogens is 242 g/mol. The SMILES string of the molecule is COc1ccccc1NC(=O)NCC1CCC(N)C1. The Hall–Kier alpha value is -1.75. The zero-order valence-electron chi connectivity index (χ0n) is 11.2. The minimum Gasteiger partial charge on any atom is -0.495 e. The lowest BCUT2D eigenvalue weighted by Crippen LogP contribution is -2.33. The summed E-state index contributed by atoms with van der Waals surface area (Å²) >= 11 is 0. The van der Waals surface area contributed by atoms with Crippen molar-refractivity contribution in [2.24, 2.45) is 11.7 Å². The predicted molar refractivity (Wildman–Crippen MR) is 75.3 cm³/mol. The molecule has 2 atom stereocenters. The van der Waals surface area contributed by atoms with Crippen LogP contribution in [-0.2, 0) is 0 Å². The summed E-state index contributed by atoms with van der Waals surface area (Å²) in [6.07, 6.45) is 3.14. The summed E-state index contributed by atoms with van der Waals surface area (Å²) in [5.74, 6) is 1.15. The molecule has 1 aromatic rings. The summed E-state index contributed by atoms with van der Waals surface area (Å²) in [6, 6.07) is 7.43. The van der Waals surface area contributed by atoms with Gasteiger partial charge < -0.3 is 21.1 Å². The summed E-state index contributed by atoms with van der Waals surface area (Å²) in [4.78, 5) is 11.8. The maximum atomic E-state index is 11.8. The number of hydrogen-bond acceptors (Lipinski definition) is 3. The number of rotatable bonds is 4. The molecule has 19 heavy (non-hydrogen) atoms. The van der Waals surface area contributed by atoms with Crippen LogP contribution in [-0.4, -0.2) is 25.7 Å². The Kier molecular flexibility index (Phi) is 4.63. The summed E-state index contributed by atoms with van der Waals surface area (Å²) in [5.41, 5.74) is 6.52. The molecule has 1 fully saturated rings. The van der Waals surface area contributed by atoms with Crippen LogP contribution >= 0.6 is 0 Å². The normalized spacial score (nSPS) is 22.0. The van der Waals surface area contributed by atoms with Crippen LogP contribution in [0.5, 0.6) is 5.75 Å². The molecule has 0 spiro atoms. The van der Waals surface area contributed by atoms with E-state index in [2.05, 4.69) is 10.6 Å². The molecule has 0 bridgehead atoms. The van der Waals surface area contributed by atoms with Crippen LogP contribution in [0.4, 0.5) is 10.5 Å². The van der Waals surface area contributed by atoms with Crippen LogP contribution in [0.15, 0.2) is 24.3 Å². The predicted octanol–water partition coefficient (Wildman–Crippen LogP) is 1.94. The molecule has 104 valence electrons. The molecule has 2 amide bonds. The van der Waals surface area contributed by atoms with E-state index >= 15 is 0 Å². The van der Waals surface area contributed by atoms with Crippen molar-refractivity contribution in [3.8, 4) is 5.75 Å². The molecule has 5 heteroatoms. The highest BCUT2D eigenvalue weighted by Gasteiger charge is 2.21. The first-order valence-electron chi connectivity index (χ1n) is 6.62. The van der Waals surface area contributed by atoms with Crippen molar-refractivity contribution in [3.63, 3.8) is 0 Å². The van der Waals surface area contributed by atoms with Crippen LogP contribution in [0, 0.1) is 5.92 Å². The van der Waals surface area contributed by atoms with E-state index < -0.39 is 0 Å². The third-order valence-electron chi connectivity index (χ3n) is 3.49. The summed E-state index contributed by atoms with van der Waals surface area (Å²) in [5, 5.41) is 5.67. The smallest absolute Gasteiger partial charge is 0.319 e. The molecule has 1 saturated carbocycles. The first-order valence-corrected chi connectivity index (χ1v) is 6.62. The Balaban J connectivity index is 1.81. The number of carbonyl (C=O) groups is 1. The van der Waals surface area contributed by atoms with Gasteiger partial charge in [-0.25, -0.2) is 4.79 Å².